The number of rotatable bonds is 5. The molecule has 0 unspecified atom stereocenters. The number of alkyl halides is 3. The Morgan fingerprint density at radius 1 is 0.933 bits per heavy atom. The lowest BCUT2D eigenvalue weighted by molar-refractivity contribution is -0.150. The molecule has 2 aromatic rings. The maximum Gasteiger partial charge on any atom is 0.417 e. The Morgan fingerprint density at radius 3 is 2.11 bits per heavy atom. The quantitative estimate of drug-likeness (QED) is 0.487. The number of hydrogen-bond acceptors (Lipinski definition) is 7. The highest BCUT2D eigenvalue weighted by Gasteiger charge is 2.46. The normalized spacial score (nSPS) is 20.6. The van der Waals surface area contributed by atoms with E-state index in [1.807, 2.05) is 11.0 Å². The van der Waals surface area contributed by atoms with Gasteiger partial charge in [0.1, 0.15) is 5.82 Å². The summed E-state index contributed by atoms with van der Waals surface area (Å²) in [6.07, 6.45) is 2.09. The number of likely N-dealkylation sites (tertiary alicyclic amines) is 1. The van der Waals surface area contributed by atoms with Gasteiger partial charge in [0.2, 0.25) is 11.8 Å². The number of aromatic nitrogens is 1. The fraction of sp³-hybridized carbons (Fsp3) is 0.562. The zero-order valence-corrected chi connectivity index (χ0v) is 25.9. The largest absolute Gasteiger partial charge is 0.417 e. The van der Waals surface area contributed by atoms with E-state index in [1.54, 1.807) is 18.3 Å². The minimum atomic E-state index is -4.61. The predicted molar refractivity (Wildman–Crippen MR) is 167 cm³/mol. The lowest BCUT2D eigenvalue weighted by atomic mass is 9.72. The van der Waals surface area contributed by atoms with E-state index < -0.39 is 17.3 Å². The van der Waals surface area contributed by atoms with Crippen molar-refractivity contribution < 1.29 is 22.8 Å². The van der Waals surface area contributed by atoms with Crippen LogP contribution in [0.5, 0.6) is 0 Å². The van der Waals surface area contributed by atoms with Crippen molar-refractivity contribution in [2.75, 3.05) is 67.5 Å². The van der Waals surface area contributed by atoms with Crippen LogP contribution >= 0.6 is 12.4 Å². The summed E-state index contributed by atoms with van der Waals surface area (Å²) in [5.41, 5.74) is 0.355. The van der Waals surface area contributed by atoms with Gasteiger partial charge in [-0.25, -0.2) is 4.98 Å². The molecule has 242 valence electrons. The van der Waals surface area contributed by atoms with Crippen molar-refractivity contribution in [3.05, 3.63) is 47.7 Å². The van der Waals surface area contributed by atoms with Gasteiger partial charge in [0.25, 0.3) is 0 Å². The monoisotopic (exact) mass is 645 g/mol. The van der Waals surface area contributed by atoms with E-state index >= 15 is 0 Å². The first-order chi connectivity index (χ1) is 21.1. The van der Waals surface area contributed by atoms with Crippen LogP contribution in [0.4, 0.5) is 30.4 Å². The topological polar surface area (TPSA) is 105 Å². The molecule has 4 aliphatic rings. The fourth-order valence-electron chi connectivity index (χ4n) is 7.17. The lowest BCUT2D eigenvalue weighted by Crippen LogP contribution is -2.62. The van der Waals surface area contributed by atoms with Crippen LogP contribution in [0.3, 0.4) is 0 Å². The molecule has 0 radical (unpaired) electrons. The zero-order valence-electron chi connectivity index (χ0n) is 25.1. The number of nitriles is 1. The SMILES string of the molecule is Cl.N#Cc1ccc(N2CCC(C(=O)Nc3ccc(N4CCC(C(=O)N5CC6(CCNCC6)C5)CC4)cn3)CC2)cc1C(F)(F)F. The number of nitrogens with one attached hydrogen (secondary N) is 2. The fourth-order valence-corrected chi connectivity index (χ4v) is 7.17. The molecule has 2 N–H and O–H groups in total. The van der Waals surface area contributed by atoms with Crippen LogP contribution in [0.25, 0.3) is 0 Å². The Labute approximate surface area is 267 Å². The molecule has 4 fully saturated rings. The third-order valence-corrected chi connectivity index (χ3v) is 9.90. The molecule has 0 saturated carbocycles. The van der Waals surface area contributed by atoms with Gasteiger partial charge in [-0.3, -0.25) is 9.59 Å². The molecule has 4 aliphatic heterocycles. The summed E-state index contributed by atoms with van der Waals surface area (Å²) in [6.45, 7) is 6.35. The molecule has 0 atom stereocenters. The molecule has 9 nitrogen and oxygen atoms in total. The number of anilines is 3. The second-order valence-electron chi connectivity index (χ2n) is 12.7. The number of nitrogens with zero attached hydrogens (tertiary/aromatic N) is 5. The van der Waals surface area contributed by atoms with Gasteiger partial charge >= 0.3 is 6.18 Å². The van der Waals surface area contributed by atoms with Crippen LogP contribution in [0.15, 0.2) is 36.5 Å². The van der Waals surface area contributed by atoms with Crippen molar-refractivity contribution in [1.29, 1.82) is 5.26 Å². The molecule has 1 spiro atoms. The van der Waals surface area contributed by atoms with Crippen LogP contribution in [-0.4, -0.2) is 74.1 Å². The summed E-state index contributed by atoms with van der Waals surface area (Å²) in [4.78, 5) is 36.6. The zero-order chi connectivity index (χ0) is 30.9. The van der Waals surface area contributed by atoms with Crippen molar-refractivity contribution in [3.63, 3.8) is 0 Å². The van der Waals surface area contributed by atoms with Gasteiger partial charge < -0.3 is 25.3 Å². The Hall–Kier alpha value is -3.56. The molecular weight excluding hydrogens is 607 g/mol. The smallest absolute Gasteiger partial charge is 0.371 e. The number of carbonyl (C=O) groups is 2. The van der Waals surface area contributed by atoms with Gasteiger partial charge in [0.15, 0.2) is 0 Å². The van der Waals surface area contributed by atoms with E-state index in [0.29, 0.717) is 48.8 Å². The average molecular weight is 646 g/mol. The molecule has 45 heavy (non-hydrogen) atoms. The highest BCUT2D eigenvalue weighted by Crippen LogP contribution is 2.40. The first kappa shape index (κ1) is 32.8. The van der Waals surface area contributed by atoms with Crippen molar-refractivity contribution in [2.45, 2.75) is 44.7 Å². The second kappa shape index (κ2) is 13.4. The molecule has 1 aromatic heterocycles. The lowest BCUT2D eigenvalue weighted by Gasteiger charge is -2.53. The molecule has 1 aromatic carbocycles. The summed E-state index contributed by atoms with van der Waals surface area (Å²) in [5.74, 6) is 0.404. The van der Waals surface area contributed by atoms with E-state index in [1.165, 1.54) is 12.1 Å². The van der Waals surface area contributed by atoms with Gasteiger partial charge in [-0.15, -0.1) is 12.4 Å². The van der Waals surface area contributed by atoms with Crippen molar-refractivity contribution in [2.24, 2.45) is 17.3 Å². The summed E-state index contributed by atoms with van der Waals surface area (Å²) >= 11 is 0. The molecule has 13 heteroatoms. The second-order valence-corrected chi connectivity index (χ2v) is 12.7. The van der Waals surface area contributed by atoms with E-state index in [4.69, 9.17) is 5.26 Å². The Bertz CT molecular complexity index is 1400. The van der Waals surface area contributed by atoms with Crippen molar-refractivity contribution in [3.8, 4) is 6.07 Å². The third kappa shape index (κ3) is 7.15. The number of benzene rings is 1. The van der Waals surface area contributed by atoms with E-state index in [0.717, 1.165) is 76.7 Å². The van der Waals surface area contributed by atoms with Crippen molar-refractivity contribution >= 4 is 41.4 Å². The molecule has 0 bridgehead atoms. The summed E-state index contributed by atoms with van der Waals surface area (Å²) in [5, 5.41) is 15.3. The number of piperidine rings is 3. The summed E-state index contributed by atoms with van der Waals surface area (Å²) in [7, 11) is 0. The van der Waals surface area contributed by atoms with E-state index in [9.17, 15) is 22.8 Å². The number of pyridine rings is 1. The standard InChI is InChI=1S/C32H38F3N7O2.ClH/c33-32(34,35)27-17-25(2-1-24(27)18-36)40-13-5-22(6-14-40)29(43)39-28-4-3-26(19-38-28)41-15-7-23(8-16-41)30(44)42-20-31(21-42)9-11-37-12-10-31;/h1-4,17,19,22-23,37H,5-16,20-21H2,(H,38,39,43);1H. The summed E-state index contributed by atoms with van der Waals surface area (Å²) < 4.78 is 40.1. The number of halogens is 4. The van der Waals surface area contributed by atoms with Crippen LogP contribution in [0, 0.1) is 28.6 Å². The maximum absolute atomic E-state index is 13.4. The van der Waals surface area contributed by atoms with Crippen LogP contribution in [0.1, 0.15) is 49.7 Å². The molecule has 6 rings (SSSR count). The van der Waals surface area contributed by atoms with Crippen molar-refractivity contribution in [1.82, 2.24) is 15.2 Å². The Balaban J connectivity index is 0.00000400. The van der Waals surface area contributed by atoms with Crippen LogP contribution < -0.4 is 20.4 Å². The molecule has 4 saturated heterocycles. The number of hydrogen-bond donors (Lipinski definition) is 2. The Kier molecular flexibility index (Phi) is 9.80. The molecule has 0 aliphatic carbocycles. The Morgan fingerprint density at radius 2 is 1.53 bits per heavy atom. The van der Waals surface area contributed by atoms with E-state index in [2.05, 4.69) is 25.4 Å². The molecule has 5 heterocycles. The van der Waals surface area contributed by atoms with Gasteiger partial charge in [-0.1, -0.05) is 0 Å². The van der Waals surface area contributed by atoms with E-state index in [-0.39, 0.29) is 30.2 Å². The predicted octanol–water partition coefficient (Wildman–Crippen LogP) is 4.68. The molecular formula is C32H39ClF3N7O2. The first-order valence-electron chi connectivity index (χ1n) is 15.5. The van der Waals surface area contributed by atoms with Gasteiger partial charge in [0.05, 0.1) is 29.1 Å². The van der Waals surface area contributed by atoms with Crippen LogP contribution in [0.2, 0.25) is 0 Å². The molecule has 2 amide bonds. The average Bonchev–Trinajstić information content (AvgIpc) is 3.03. The van der Waals surface area contributed by atoms with Crippen LogP contribution in [-0.2, 0) is 15.8 Å². The third-order valence-electron chi connectivity index (χ3n) is 9.90. The minimum Gasteiger partial charge on any atom is -0.371 e. The number of carbonyl (C=O) groups excluding carboxylic acids is 2. The highest BCUT2D eigenvalue weighted by atomic mass is 35.5. The maximum atomic E-state index is 13.4. The number of amides is 2. The van der Waals surface area contributed by atoms with Gasteiger partial charge in [-0.2, -0.15) is 18.4 Å². The van der Waals surface area contributed by atoms with Gasteiger partial charge in [-0.05, 0) is 81.9 Å². The minimum absolute atomic E-state index is 0. The van der Waals surface area contributed by atoms with Gasteiger partial charge in [0, 0.05) is 62.2 Å². The highest BCUT2D eigenvalue weighted by molar-refractivity contribution is 5.92. The summed E-state index contributed by atoms with van der Waals surface area (Å²) in [6, 6.07) is 9.07. The first-order valence-corrected chi connectivity index (χ1v) is 15.5.